The van der Waals surface area contributed by atoms with Gasteiger partial charge in [0.15, 0.2) is 0 Å². The van der Waals surface area contributed by atoms with E-state index in [1.807, 2.05) is 6.08 Å². The Bertz CT molecular complexity index is 404. The van der Waals surface area contributed by atoms with Gasteiger partial charge in [0.05, 0.1) is 0 Å². The van der Waals surface area contributed by atoms with Crippen molar-refractivity contribution in [3.63, 3.8) is 0 Å². The summed E-state index contributed by atoms with van der Waals surface area (Å²) in [5, 5.41) is 3.79. The summed E-state index contributed by atoms with van der Waals surface area (Å²) < 4.78 is 0. The summed E-state index contributed by atoms with van der Waals surface area (Å²) in [7, 11) is 0. The largest absolute Gasteiger partial charge is 0.307 e. The Balaban J connectivity index is 1.84. The molecule has 3 atom stereocenters. The minimum atomic E-state index is 0.430. The van der Waals surface area contributed by atoms with Crippen LogP contribution in [0.1, 0.15) is 30.9 Å². The molecule has 0 heterocycles. The Morgan fingerprint density at radius 3 is 2.22 bits per heavy atom. The topological polar surface area (TPSA) is 12.0 Å². The van der Waals surface area contributed by atoms with E-state index in [4.69, 9.17) is 0 Å². The van der Waals surface area contributed by atoms with E-state index in [2.05, 4.69) is 43.1 Å². The fourth-order valence-corrected chi connectivity index (χ4v) is 3.79. The first kappa shape index (κ1) is 12.0. The van der Waals surface area contributed by atoms with Gasteiger partial charge in [-0.3, -0.25) is 0 Å². The summed E-state index contributed by atoms with van der Waals surface area (Å²) in [6, 6.07) is 10.1. The fourth-order valence-electron chi connectivity index (χ4n) is 3.79. The molecule has 1 fully saturated rings. The third kappa shape index (κ3) is 2.12. The predicted octanol–water partition coefficient (Wildman–Crippen LogP) is 3.34. The standard InChI is InChI=1S/C17H23N/c1-3-12(2)18-17-15-8-9-16(17)11-14-7-5-4-6-13(14)10-15/h3-7,12,15-18H,1,8-11H2,2H3. The van der Waals surface area contributed by atoms with Crippen LogP contribution in [0, 0.1) is 11.8 Å². The van der Waals surface area contributed by atoms with Crippen molar-refractivity contribution < 1.29 is 0 Å². The van der Waals surface area contributed by atoms with Gasteiger partial charge in [0.2, 0.25) is 0 Å². The average Bonchev–Trinajstić information content (AvgIpc) is 2.65. The third-order valence-electron chi connectivity index (χ3n) is 4.82. The fraction of sp³-hybridized carbons (Fsp3) is 0.529. The van der Waals surface area contributed by atoms with Gasteiger partial charge >= 0.3 is 0 Å². The molecule has 1 heteroatoms. The maximum Gasteiger partial charge on any atom is 0.0221 e. The summed E-state index contributed by atoms with van der Waals surface area (Å²) >= 11 is 0. The van der Waals surface area contributed by atoms with Crippen LogP contribution in [-0.2, 0) is 12.8 Å². The first-order chi connectivity index (χ1) is 8.78. The smallest absolute Gasteiger partial charge is 0.0221 e. The third-order valence-corrected chi connectivity index (χ3v) is 4.82. The molecule has 2 aliphatic rings. The highest BCUT2D eigenvalue weighted by Gasteiger charge is 2.38. The summed E-state index contributed by atoms with van der Waals surface area (Å²) in [5.41, 5.74) is 3.17. The lowest BCUT2D eigenvalue weighted by molar-refractivity contribution is 0.330. The van der Waals surface area contributed by atoms with Crippen molar-refractivity contribution in [2.45, 2.75) is 44.7 Å². The molecule has 1 saturated carbocycles. The van der Waals surface area contributed by atoms with E-state index in [1.165, 1.54) is 25.7 Å². The zero-order valence-corrected chi connectivity index (χ0v) is 11.2. The van der Waals surface area contributed by atoms with Crippen molar-refractivity contribution in [2.24, 2.45) is 11.8 Å². The van der Waals surface area contributed by atoms with E-state index >= 15 is 0 Å². The SMILES string of the molecule is C=CC(C)NC1C2CCC1Cc1ccccc1C2. The molecule has 18 heavy (non-hydrogen) atoms. The van der Waals surface area contributed by atoms with E-state index < -0.39 is 0 Å². The van der Waals surface area contributed by atoms with E-state index in [-0.39, 0.29) is 0 Å². The van der Waals surface area contributed by atoms with Crippen LogP contribution in [0.3, 0.4) is 0 Å². The zero-order valence-electron chi connectivity index (χ0n) is 11.2. The lowest BCUT2D eigenvalue weighted by Gasteiger charge is -2.26. The van der Waals surface area contributed by atoms with Crippen LogP contribution < -0.4 is 5.32 Å². The van der Waals surface area contributed by atoms with Gasteiger partial charge in [-0.05, 0) is 55.6 Å². The molecule has 3 unspecified atom stereocenters. The molecule has 1 nitrogen and oxygen atoms in total. The van der Waals surface area contributed by atoms with E-state index in [1.54, 1.807) is 11.1 Å². The molecule has 3 rings (SSSR count). The van der Waals surface area contributed by atoms with Gasteiger partial charge in [-0.1, -0.05) is 30.3 Å². The normalized spacial score (nSPS) is 31.5. The van der Waals surface area contributed by atoms with Crippen molar-refractivity contribution >= 4 is 0 Å². The number of rotatable bonds is 3. The number of nitrogens with one attached hydrogen (secondary N) is 1. The van der Waals surface area contributed by atoms with Crippen LogP contribution in [0.5, 0.6) is 0 Å². The van der Waals surface area contributed by atoms with Crippen LogP contribution in [0.2, 0.25) is 0 Å². The first-order valence-corrected chi connectivity index (χ1v) is 7.23. The quantitative estimate of drug-likeness (QED) is 0.800. The molecular weight excluding hydrogens is 218 g/mol. The Morgan fingerprint density at radius 1 is 1.17 bits per heavy atom. The van der Waals surface area contributed by atoms with Crippen molar-refractivity contribution in [2.75, 3.05) is 0 Å². The summed E-state index contributed by atoms with van der Waals surface area (Å²) in [5.74, 6) is 1.64. The maximum atomic E-state index is 3.90. The van der Waals surface area contributed by atoms with Crippen LogP contribution in [-0.4, -0.2) is 12.1 Å². The lowest BCUT2D eigenvalue weighted by atomic mass is 9.94. The van der Waals surface area contributed by atoms with Crippen LogP contribution in [0.4, 0.5) is 0 Å². The summed E-state index contributed by atoms with van der Waals surface area (Å²) in [6.07, 6.45) is 7.32. The average molecular weight is 241 g/mol. The highest BCUT2D eigenvalue weighted by molar-refractivity contribution is 5.30. The molecular formula is C17H23N. The van der Waals surface area contributed by atoms with E-state index in [9.17, 15) is 0 Å². The van der Waals surface area contributed by atoms with Crippen molar-refractivity contribution in [1.82, 2.24) is 5.32 Å². The molecule has 0 spiro atoms. The van der Waals surface area contributed by atoms with Gasteiger partial charge in [0.1, 0.15) is 0 Å². The van der Waals surface area contributed by atoms with Gasteiger partial charge in [0.25, 0.3) is 0 Å². The monoisotopic (exact) mass is 241 g/mol. The molecule has 96 valence electrons. The number of benzene rings is 1. The molecule has 2 aliphatic carbocycles. The van der Waals surface area contributed by atoms with Gasteiger partial charge < -0.3 is 5.32 Å². The molecule has 1 aromatic rings. The second-order valence-electron chi connectivity index (χ2n) is 5.99. The lowest BCUT2D eigenvalue weighted by Crippen LogP contribution is -2.42. The van der Waals surface area contributed by atoms with Crippen molar-refractivity contribution in [3.05, 3.63) is 48.0 Å². The zero-order chi connectivity index (χ0) is 12.5. The molecule has 0 aliphatic heterocycles. The van der Waals surface area contributed by atoms with Gasteiger partial charge in [0, 0.05) is 12.1 Å². The highest BCUT2D eigenvalue weighted by atomic mass is 15.0. The molecule has 0 amide bonds. The molecule has 0 radical (unpaired) electrons. The van der Waals surface area contributed by atoms with Gasteiger partial charge in [-0.2, -0.15) is 0 Å². The Hall–Kier alpha value is -1.08. The molecule has 0 aromatic heterocycles. The molecule has 2 bridgehead atoms. The minimum Gasteiger partial charge on any atom is -0.307 e. The number of hydrogen-bond acceptors (Lipinski definition) is 1. The minimum absolute atomic E-state index is 0.430. The number of fused-ring (bicyclic) bond motifs is 3. The summed E-state index contributed by atoms with van der Waals surface area (Å²) in [6.45, 7) is 6.11. The van der Waals surface area contributed by atoms with E-state index in [0.29, 0.717) is 12.1 Å². The van der Waals surface area contributed by atoms with Gasteiger partial charge in [-0.15, -0.1) is 6.58 Å². The number of hydrogen-bond donors (Lipinski definition) is 1. The first-order valence-electron chi connectivity index (χ1n) is 7.23. The second kappa shape index (κ2) is 4.89. The maximum absolute atomic E-state index is 3.90. The van der Waals surface area contributed by atoms with Crippen LogP contribution in [0.25, 0.3) is 0 Å². The summed E-state index contributed by atoms with van der Waals surface area (Å²) in [4.78, 5) is 0. The molecule has 1 N–H and O–H groups in total. The molecule has 0 saturated heterocycles. The van der Waals surface area contributed by atoms with Crippen LogP contribution >= 0.6 is 0 Å². The Morgan fingerprint density at radius 2 is 1.72 bits per heavy atom. The Kier molecular flexibility index (Phi) is 3.25. The van der Waals surface area contributed by atoms with E-state index in [0.717, 1.165) is 11.8 Å². The Labute approximate surface area is 110 Å². The second-order valence-corrected chi connectivity index (χ2v) is 5.99. The highest BCUT2D eigenvalue weighted by Crippen LogP contribution is 2.40. The van der Waals surface area contributed by atoms with Crippen molar-refractivity contribution in [3.8, 4) is 0 Å². The van der Waals surface area contributed by atoms with Crippen molar-refractivity contribution in [1.29, 1.82) is 0 Å². The van der Waals surface area contributed by atoms with Gasteiger partial charge in [-0.25, -0.2) is 0 Å². The van der Waals surface area contributed by atoms with Crippen LogP contribution in [0.15, 0.2) is 36.9 Å². The molecule has 1 aromatic carbocycles. The predicted molar refractivity (Wildman–Crippen MR) is 76.6 cm³/mol.